The van der Waals surface area contributed by atoms with Gasteiger partial charge in [-0.15, -0.1) is 0 Å². The van der Waals surface area contributed by atoms with Crippen molar-refractivity contribution in [3.8, 4) is 5.75 Å². The van der Waals surface area contributed by atoms with Gasteiger partial charge in [-0.1, -0.05) is 31.5 Å². The predicted octanol–water partition coefficient (Wildman–Crippen LogP) is 2.44. The number of nitrogens with zero attached hydrogens (tertiary/aromatic N) is 1. The molecule has 1 atom stereocenters. The van der Waals surface area contributed by atoms with Gasteiger partial charge in [-0.25, -0.2) is 0 Å². The van der Waals surface area contributed by atoms with Gasteiger partial charge in [0.2, 0.25) is 0 Å². The molecule has 1 aliphatic heterocycles. The number of ether oxygens (including phenoxy) is 1. The zero-order valence-electron chi connectivity index (χ0n) is 11.5. The largest absolute Gasteiger partial charge is 0.496 e. The molecule has 1 heterocycles. The minimum Gasteiger partial charge on any atom is -0.496 e. The lowest BCUT2D eigenvalue weighted by Crippen LogP contribution is -2.45. The van der Waals surface area contributed by atoms with Gasteiger partial charge in [0.1, 0.15) is 5.75 Å². The number of hydrogen-bond donors (Lipinski definition) is 1. The van der Waals surface area contributed by atoms with E-state index in [1.54, 1.807) is 7.11 Å². The third kappa shape index (κ3) is 3.03. The molecule has 3 nitrogen and oxygen atoms in total. The molecule has 18 heavy (non-hydrogen) atoms. The lowest BCUT2D eigenvalue weighted by Gasteiger charge is -2.35. The predicted molar refractivity (Wildman–Crippen MR) is 75.1 cm³/mol. The van der Waals surface area contributed by atoms with Gasteiger partial charge in [-0.3, -0.25) is 4.90 Å². The van der Waals surface area contributed by atoms with Crippen LogP contribution in [0.3, 0.4) is 0 Å². The van der Waals surface area contributed by atoms with E-state index < -0.39 is 0 Å². The number of piperazine rings is 1. The third-order valence-electron chi connectivity index (χ3n) is 3.65. The molecule has 0 aromatic heterocycles. The monoisotopic (exact) mass is 248 g/mol. The summed E-state index contributed by atoms with van der Waals surface area (Å²) in [6, 6.07) is 8.93. The molecule has 1 N–H and O–H groups in total. The van der Waals surface area contributed by atoms with Gasteiger partial charge in [0.05, 0.1) is 7.11 Å². The molecule has 0 bridgehead atoms. The normalized spacial score (nSPS) is 18.6. The molecular formula is C15H24N2O. The standard InChI is InChI=1S/C15H24N2O/c1-3-6-14(17-11-9-16-10-12-17)13-7-4-5-8-15(13)18-2/h4-5,7-8,14,16H,3,6,9-12H2,1-2H3/t14-/m1/s1. The Kier molecular flexibility index (Phi) is 5.02. The molecule has 1 aliphatic rings. The first kappa shape index (κ1) is 13.4. The second kappa shape index (κ2) is 6.76. The van der Waals surface area contributed by atoms with E-state index in [0.29, 0.717) is 6.04 Å². The van der Waals surface area contributed by atoms with Crippen LogP contribution < -0.4 is 10.1 Å². The molecule has 0 radical (unpaired) electrons. The molecule has 1 fully saturated rings. The maximum Gasteiger partial charge on any atom is 0.123 e. The van der Waals surface area contributed by atoms with E-state index in [0.717, 1.165) is 31.9 Å². The van der Waals surface area contributed by atoms with E-state index in [2.05, 4.69) is 35.3 Å². The molecule has 0 unspecified atom stereocenters. The highest BCUT2D eigenvalue weighted by Gasteiger charge is 2.23. The van der Waals surface area contributed by atoms with Crippen LogP contribution in [0, 0.1) is 0 Å². The van der Waals surface area contributed by atoms with Gasteiger partial charge in [-0.2, -0.15) is 0 Å². The second-order valence-corrected chi connectivity index (χ2v) is 4.83. The Balaban J connectivity index is 2.22. The number of benzene rings is 1. The van der Waals surface area contributed by atoms with Crippen LogP contribution >= 0.6 is 0 Å². The van der Waals surface area contributed by atoms with E-state index in [1.165, 1.54) is 18.4 Å². The fourth-order valence-electron chi connectivity index (χ4n) is 2.74. The zero-order chi connectivity index (χ0) is 12.8. The van der Waals surface area contributed by atoms with Crippen LogP contribution in [0.15, 0.2) is 24.3 Å². The summed E-state index contributed by atoms with van der Waals surface area (Å²) in [6.45, 7) is 6.70. The molecular weight excluding hydrogens is 224 g/mol. The summed E-state index contributed by atoms with van der Waals surface area (Å²) in [5, 5.41) is 3.42. The lowest BCUT2D eigenvalue weighted by atomic mass is 9.99. The number of para-hydroxylation sites is 1. The lowest BCUT2D eigenvalue weighted by molar-refractivity contribution is 0.162. The van der Waals surface area contributed by atoms with Crippen LogP contribution in [-0.2, 0) is 0 Å². The average Bonchev–Trinajstić information content (AvgIpc) is 2.46. The Hall–Kier alpha value is -1.06. The van der Waals surface area contributed by atoms with Crippen molar-refractivity contribution < 1.29 is 4.74 Å². The summed E-state index contributed by atoms with van der Waals surface area (Å²) in [5.41, 5.74) is 1.34. The van der Waals surface area contributed by atoms with Gasteiger partial charge in [-0.05, 0) is 12.5 Å². The van der Waals surface area contributed by atoms with E-state index in [1.807, 2.05) is 6.07 Å². The summed E-state index contributed by atoms with van der Waals surface area (Å²) >= 11 is 0. The fourth-order valence-corrected chi connectivity index (χ4v) is 2.74. The van der Waals surface area contributed by atoms with E-state index in [-0.39, 0.29) is 0 Å². The fraction of sp³-hybridized carbons (Fsp3) is 0.600. The second-order valence-electron chi connectivity index (χ2n) is 4.83. The van der Waals surface area contributed by atoms with Crippen LogP contribution in [0.1, 0.15) is 31.4 Å². The number of rotatable bonds is 5. The van der Waals surface area contributed by atoms with E-state index in [4.69, 9.17) is 4.74 Å². The Bertz CT molecular complexity index is 361. The molecule has 1 aromatic carbocycles. The van der Waals surface area contributed by atoms with Gasteiger partial charge >= 0.3 is 0 Å². The van der Waals surface area contributed by atoms with E-state index >= 15 is 0 Å². The maximum atomic E-state index is 5.52. The number of hydrogen-bond acceptors (Lipinski definition) is 3. The Morgan fingerprint density at radius 3 is 2.67 bits per heavy atom. The van der Waals surface area contributed by atoms with Gasteiger partial charge in [0.15, 0.2) is 0 Å². The van der Waals surface area contributed by atoms with Crippen molar-refractivity contribution in [2.45, 2.75) is 25.8 Å². The van der Waals surface area contributed by atoms with Crippen LogP contribution in [0.25, 0.3) is 0 Å². The molecule has 2 rings (SSSR count). The smallest absolute Gasteiger partial charge is 0.123 e. The minimum absolute atomic E-state index is 0.494. The average molecular weight is 248 g/mol. The maximum absolute atomic E-state index is 5.52. The molecule has 0 spiro atoms. The zero-order valence-corrected chi connectivity index (χ0v) is 11.5. The van der Waals surface area contributed by atoms with Crippen LogP contribution in [0.2, 0.25) is 0 Å². The first-order chi connectivity index (χ1) is 8.86. The summed E-state index contributed by atoms with van der Waals surface area (Å²) < 4.78 is 5.52. The van der Waals surface area contributed by atoms with Crippen molar-refractivity contribution in [1.82, 2.24) is 10.2 Å². The van der Waals surface area contributed by atoms with Crippen molar-refractivity contribution in [2.75, 3.05) is 33.3 Å². The topological polar surface area (TPSA) is 24.5 Å². The van der Waals surface area contributed by atoms with Crippen molar-refractivity contribution in [3.63, 3.8) is 0 Å². The van der Waals surface area contributed by atoms with E-state index in [9.17, 15) is 0 Å². The molecule has 100 valence electrons. The highest BCUT2D eigenvalue weighted by Crippen LogP contribution is 2.32. The van der Waals surface area contributed by atoms with Crippen molar-refractivity contribution >= 4 is 0 Å². The molecule has 0 amide bonds. The minimum atomic E-state index is 0.494. The van der Waals surface area contributed by atoms with Crippen molar-refractivity contribution in [2.24, 2.45) is 0 Å². The van der Waals surface area contributed by atoms with Crippen LogP contribution in [0.4, 0.5) is 0 Å². The van der Waals surface area contributed by atoms with Crippen LogP contribution in [0.5, 0.6) is 5.75 Å². The molecule has 0 saturated carbocycles. The quantitative estimate of drug-likeness (QED) is 0.866. The summed E-state index contributed by atoms with van der Waals surface area (Å²) in [6.07, 6.45) is 2.40. The third-order valence-corrected chi connectivity index (χ3v) is 3.65. The molecule has 3 heteroatoms. The summed E-state index contributed by atoms with van der Waals surface area (Å²) in [4.78, 5) is 2.58. The van der Waals surface area contributed by atoms with Gasteiger partial charge in [0.25, 0.3) is 0 Å². The van der Waals surface area contributed by atoms with Crippen molar-refractivity contribution in [1.29, 1.82) is 0 Å². The first-order valence-corrected chi connectivity index (χ1v) is 6.94. The highest BCUT2D eigenvalue weighted by molar-refractivity contribution is 5.36. The first-order valence-electron chi connectivity index (χ1n) is 6.94. The SMILES string of the molecule is CCC[C@H](c1ccccc1OC)N1CCNCC1. The Morgan fingerprint density at radius 2 is 2.00 bits per heavy atom. The van der Waals surface area contributed by atoms with Crippen LogP contribution in [-0.4, -0.2) is 38.2 Å². The molecule has 0 aliphatic carbocycles. The molecule has 1 saturated heterocycles. The van der Waals surface area contributed by atoms with Crippen molar-refractivity contribution in [3.05, 3.63) is 29.8 Å². The van der Waals surface area contributed by atoms with Gasteiger partial charge < -0.3 is 10.1 Å². The summed E-state index contributed by atoms with van der Waals surface area (Å²) in [5.74, 6) is 1.02. The number of nitrogens with one attached hydrogen (secondary N) is 1. The highest BCUT2D eigenvalue weighted by atomic mass is 16.5. The Morgan fingerprint density at radius 1 is 1.28 bits per heavy atom. The summed E-state index contributed by atoms with van der Waals surface area (Å²) in [7, 11) is 1.76. The Labute approximate surface area is 110 Å². The number of methoxy groups -OCH3 is 1. The van der Waals surface area contributed by atoms with Gasteiger partial charge in [0, 0.05) is 37.8 Å². The molecule has 1 aromatic rings.